The number of ether oxygens (including phenoxy) is 3. The normalized spacial score (nSPS) is 16.3. The molecule has 38 heavy (non-hydrogen) atoms. The van der Waals surface area contributed by atoms with E-state index in [9.17, 15) is 14.0 Å². The Morgan fingerprint density at radius 3 is 2.63 bits per heavy atom. The van der Waals surface area contributed by atoms with Gasteiger partial charge in [-0.05, 0) is 42.2 Å². The fraction of sp³-hybridized carbons (Fsp3) is 0.250. The zero-order valence-corrected chi connectivity index (χ0v) is 22.1. The lowest BCUT2D eigenvalue weighted by atomic mass is 9.93. The van der Waals surface area contributed by atoms with Crippen LogP contribution in [0.25, 0.3) is 0 Å². The summed E-state index contributed by atoms with van der Waals surface area (Å²) >= 11 is 1.37. The maximum atomic E-state index is 13.3. The molecule has 1 N–H and O–H groups in total. The molecule has 2 aromatic carbocycles. The largest absolute Gasteiger partial charge is 0.497 e. The van der Waals surface area contributed by atoms with Crippen LogP contribution in [-0.2, 0) is 20.9 Å². The summed E-state index contributed by atoms with van der Waals surface area (Å²) in [5.74, 6) is -0.00105. The van der Waals surface area contributed by atoms with Crippen LogP contribution in [0.1, 0.15) is 30.5 Å². The first-order chi connectivity index (χ1) is 18.4. The summed E-state index contributed by atoms with van der Waals surface area (Å²) in [4.78, 5) is 32.7. The van der Waals surface area contributed by atoms with Crippen LogP contribution in [-0.4, -0.2) is 42.8 Å². The molecule has 10 heteroatoms. The summed E-state index contributed by atoms with van der Waals surface area (Å²) in [5, 5.41) is 5.35. The van der Waals surface area contributed by atoms with Crippen molar-refractivity contribution in [1.82, 2.24) is 10.2 Å². The van der Waals surface area contributed by atoms with Crippen LogP contribution in [0.15, 0.2) is 82.5 Å². The van der Waals surface area contributed by atoms with Gasteiger partial charge in [0.15, 0.2) is 5.17 Å². The smallest absolute Gasteiger partial charge is 0.338 e. The lowest BCUT2D eigenvalue weighted by Crippen LogP contribution is -2.38. The Kier molecular flexibility index (Phi) is 8.52. The number of carbonyl (C=O) groups is 2. The molecule has 0 spiro atoms. The van der Waals surface area contributed by atoms with Crippen molar-refractivity contribution in [1.29, 1.82) is 0 Å². The summed E-state index contributed by atoms with van der Waals surface area (Å²) in [6.07, 6.45) is 1.53. The first kappa shape index (κ1) is 27.0. The highest BCUT2D eigenvalue weighted by atomic mass is 32.2. The standard InChI is InChI=1S/C28H28FN3O5S/c1-5-12-37-27(34)25-17(2)31-28-32(26(25)22-11-10-21(35-3)14-23(22)36-4)20(16-38-28)13-24(33)30-15-18-6-8-19(29)9-7-18/h5-11,14,16,26H,1,12-13,15H2,2-4H3,(H,30,33). The lowest BCUT2D eigenvalue weighted by Gasteiger charge is -2.36. The molecule has 1 atom stereocenters. The van der Waals surface area contributed by atoms with Gasteiger partial charge in [0, 0.05) is 23.9 Å². The topological polar surface area (TPSA) is 89.5 Å². The predicted octanol–water partition coefficient (Wildman–Crippen LogP) is 4.85. The molecule has 2 aliphatic heterocycles. The van der Waals surface area contributed by atoms with Gasteiger partial charge in [-0.1, -0.05) is 36.5 Å². The van der Waals surface area contributed by atoms with Gasteiger partial charge < -0.3 is 24.4 Å². The second kappa shape index (κ2) is 12.0. The minimum atomic E-state index is -0.660. The van der Waals surface area contributed by atoms with Gasteiger partial charge in [-0.3, -0.25) is 4.79 Å². The zero-order valence-electron chi connectivity index (χ0n) is 21.3. The monoisotopic (exact) mass is 537 g/mol. The Bertz CT molecular complexity index is 1340. The molecule has 8 nitrogen and oxygen atoms in total. The fourth-order valence-corrected chi connectivity index (χ4v) is 5.18. The first-order valence-corrected chi connectivity index (χ1v) is 12.7. The molecule has 1 amide bonds. The molecule has 0 saturated carbocycles. The highest BCUT2D eigenvalue weighted by Crippen LogP contribution is 2.47. The second-order valence-electron chi connectivity index (χ2n) is 8.47. The van der Waals surface area contributed by atoms with Crippen LogP contribution >= 0.6 is 11.8 Å². The number of aliphatic imine (C=N–C) groups is 1. The third-order valence-corrected chi connectivity index (χ3v) is 6.92. The number of esters is 1. The van der Waals surface area contributed by atoms with Crippen LogP contribution in [0.4, 0.5) is 4.39 Å². The molecule has 2 aromatic rings. The Morgan fingerprint density at radius 1 is 1.18 bits per heavy atom. The van der Waals surface area contributed by atoms with Crippen LogP contribution in [0.2, 0.25) is 0 Å². The molecular formula is C28H28FN3O5S. The number of hydrogen-bond donors (Lipinski definition) is 1. The van der Waals surface area contributed by atoms with E-state index in [-0.39, 0.29) is 31.3 Å². The molecule has 0 bridgehead atoms. The molecular weight excluding hydrogens is 509 g/mol. The van der Waals surface area contributed by atoms with Crippen molar-refractivity contribution in [2.75, 3.05) is 20.8 Å². The molecule has 0 radical (unpaired) electrons. The van der Waals surface area contributed by atoms with E-state index in [1.165, 1.54) is 30.0 Å². The van der Waals surface area contributed by atoms with Crippen molar-refractivity contribution in [3.8, 4) is 11.5 Å². The number of fused-ring (bicyclic) bond motifs is 1. The molecule has 198 valence electrons. The molecule has 0 aliphatic carbocycles. The van der Waals surface area contributed by atoms with E-state index in [0.717, 1.165) is 5.56 Å². The van der Waals surface area contributed by atoms with Gasteiger partial charge >= 0.3 is 5.97 Å². The summed E-state index contributed by atoms with van der Waals surface area (Å²) in [6, 6.07) is 10.6. The number of amides is 1. The van der Waals surface area contributed by atoms with E-state index in [2.05, 4.69) is 16.9 Å². The molecule has 2 aliphatic rings. The SMILES string of the molecule is C=CCOC(=O)C1=C(C)N=C2SC=C(CC(=O)NCc3ccc(F)cc3)N2C1c1ccc(OC)cc1OC. The van der Waals surface area contributed by atoms with Gasteiger partial charge in [0.2, 0.25) is 5.91 Å². The van der Waals surface area contributed by atoms with Crippen molar-refractivity contribution in [2.24, 2.45) is 4.99 Å². The summed E-state index contributed by atoms with van der Waals surface area (Å²) in [7, 11) is 3.10. The second-order valence-corrected chi connectivity index (χ2v) is 9.30. The van der Waals surface area contributed by atoms with Gasteiger partial charge in [0.25, 0.3) is 0 Å². The van der Waals surface area contributed by atoms with Crippen LogP contribution in [0, 0.1) is 5.82 Å². The molecule has 0 fully saturated rings. The molecule has 0 aromatic heterocycles. The quantitative estimate of drug-likeness (QED) is 0.342. The van der Waals surface area contributed by atoms with Crippen molar-refractivity contribution in [3.63, 3.8) is 0 Å². The van der Waals surface area contributed by atoms with Gasteiger partial charge in [-0.15, -0.1) is 0 Å². The Balaban J connectivity index is 1.66. The number of halogens is 1. The van der Waals surface area contributed by atoms with Crippen molar-refractivity contribution >= 4 is 28.8 Å². The minimum absolute atomic E-state index is 0.0379. The van der Waals surface area contributed by atoms with Crippen LogP contribution in [0.5, 0.6) is 11.5 Å². The number of carbonyl (C=O) groups excluding carboxylic acids is 2. The molecule has 4 rings (SSSR count). The Labute approximate surface area is 224 Å². The summed E-state index contributed by atoms with van der Waals surface area (Å²) in [6.45, 7) is 5.68. The molecule has 0 saturated heterocycles. The van der Waals surface area contributed by atoms with Gasteiger partial charge in [-0.25, -0.2) is 14.2 Å². The van der Waals surface area contributed by atoms with Crippen molar-refractivity contribution in [3.05, 3.63) is 94.4 Å². The van der Waals surface area contributed by atoms with E-state index in [1.807, 2.05) is 16.4 Å². The number of amidine groups is 1. The number of rotatable bonds is 10. The fourth-order valence-electron chi connectivity index (χ4n) is 4.21. The van der Waals surface area contributed by atoms with Crippen molar-refractivity contribution < 1.29 is 28.2 Å². The highest BCUT2D eigenvalue weighted by Gasteiger charge is 2.42. The highest BCUT2D eigenvalue weighted by molar-refractivity contribution is 8.16. The van der Waals surface area contributed by atoms with E-state index in [0.29, 0.717) is 39.2 Å². The van der Waals surface area contributed by atoms with Gasteiger partial charge in [0.1, 0.15) is 23.9 Å². The zero-order chi connectivity index (χ0) is 27.2. The first-order valence-electron chi connectivity index (χ1n) is 11.8. The Hall–Kier alpha value is -4.05. The van der Waals surface area contributed by atoms with E-state index in [4.69, 9.17) is 14.2 Å². The van der Waals surface area contributed by atoms with Crippen molar-refractivity contribution in [2.45, 2.75) is 25.9 Å². The number of thioether (sulfide) groups is 1. The third-order valence-electron chi connectivity index (χ3n) is 6.03. The van der Waals surface area contributed by atoms with Gasteiger partial charge in [0.05, 0.1) is 38.0 Å². The number of nitrogens with one attached hydrogen (secondary N) is 1. The maximum Gasteiger partial charge on any atom is 0.338 e. The third kappa shape index (κ3) is 5.75. The average molecular weight is 538 g/mol. The van der Waals surface area contributed by atoms with E-state index >= 15 is 0 Å². The maximum absolute atomic E-state index is 13.3. The lowest BCUT2D eigenvalue weighted by molar-refractivity contribution is -0.138. The van der Waals surface area contributed by atoms with Crippen LogP contribution < -0.4 is 14.8 Å². The molecule has 2 heterocycles. The average Bonchev–Trinajstić information content (AvgIpc) is 3.31. The molecule has 1 unspecified atom stereocenters. The number of allylic oxidation sites excluding steroid dienone is 1. The Morgan fingerprint density at radius 2 is 1.95 bits per heavy atom. The van der Waals surface area contributed by atoms with E-state index in [1.54, 1.807) is 45.4 Å². The van der Waals surface area contributed by atoms with E-state index < -0.39 is 12.0 Å². The summed E-state index contributed by atoms with van der Waals surface area (Å²) in [5.41, 5.74) is 2.97. The van der Waals surface area contributed by atoms with Gasteiger partial charge in [-0.2, -0.15) is 0 Å². The number of hydrogen-bond acceptors (Lipinski definition) is 8. The predicted molar refractivity (Wildman–Crippen MR) is 144 cm³/mol. The van der Waals surface area contributed by atoms with Crippen LogP contribution in [0.3, 0.4) is 0 Å². The summed E-state index contributed by atoms with van der Waals surface area (Å²) < 4.78 is 29.7. The number of methoxy groups -OCH3 is 2. The number of benzene rings is 2. The number of nitrogens with zero attached hydrogens (tertiary/aromatic N) is 2. The minimum Gasteiger partial charge on any atom is -0.497 e.